The number of pyridine rings is 1. The Kier molecular flexibility index (Phi) is 5.90. The molecule has 0 aliphatic carbocycles. The summed E-state index contributed by atoms with van der Waals surface area (Å²) in [6.07, 6.45) is 3.32. The number of hydrogen-bond acceptors (Lipinski definition) is 3. The van der Waals surface area contributed by atoms with Crippen molar-refractivity contribution in [1.29, 1.82) is 0 Å². The molecule has 1 N–H and O–H groups in total. The topological polar surface area (TPSA) is 45.2 Å². The van der Waals surface area contributed by atoms with E-state index < -0.39 is 0 Å². The molecule has 1 atom stereocenters. The maximum Gasteiger partial charge on any atom is 0.224 e. The molecule has 1 aliphatic heterocycles. The van der Waals surface area contributed by atoms with E-state index in [0.29, 0.717) is 0 Å². The number of nitrogens with zero attached hydrogens (tertiary/aromatic N) is 2. The van der Waals surface area contributed by atoms with Crippen molar-refractivity contribution in [1.82, 2.24) is 15.2 Å². The molecule has 1 radical (unpaired) electrons. The molecular weight excluding hydrogens is 341 g/mol. The van der Waals surface area contributed by atoms with Crippen LogP contribution >= 0.6 is 0 Å². The lowest BCUT2D eigenvalue weighted by Gasteiger charge is -2.40. The van der Waals surface area contributed by atoms with Crippen molar-refractivity contribution >= 4 is 5.91 Å². The lowest BCUT2D eigenvalue weighted by Crippen LogP contribution is -2.48. The van der Waals surface area contributed by atoms with E-state index in [9.17, 15) is 9.18 Å². The predicted octanol–water partition coefficient (Wildman–Crippen LogP) is 3.75. The second-order valence-electron chi connectivity index (χ2n) is 7.82. The molecule has 3 rings (SSSR count). The summed E-state index contributed by atoms with van der Waals surface area (Å²) in [5.74, 6) is -0.306. The highest BCUT2D eigenvalue weighted by Gasteiger charge is 2.31. The molecule has 1 aliphatic rings. The second-order valence-corrected chi connectivity index (χ2v) is 7.82. The summed E-state index contributed by atoms with van der Waals surface area (Å²) in [7, 11) is 0. The Morgan fingerprint density at radius 3 is 2.44 bits per heavy atom. The zero-order valence-corrected chi connectivity index (χ0v) is 16.0. The Morgan fingerprint density at radius 1 is 1.22 bits per heavy atom. The normalized spacial score (nSPS) is 17.5. The Labute approximate surface area is 160 Å². The number of hydrogen-bond donors (Lipinski definition) is 1. The molecule has 2 aromatic rings. The molecule has 27 heavy (non-hydrogen) atoms. The molecule has 2 heterocycles. The Hall–Kier alpha value is -2.27. The van der Waals surface area contributed by atoms with Gasteiger partial charge < -0.3 is 5.32 Å². The van der Waals surface area contributed by atoms with Gasteiger partial charge in [-0.2, -0.15) is 0 Å². The van der Waals surface area contributed by atoms with Crippen LogP contribution in [0.2, 0.25) is 0 Å². The van der Waals surface area contributed by atoms with E-state index >= 15 is 0 Å². The van der Waals surface area contributed by atoms with Gasteiger partial charge >= 0.3 is 0 Å². The number of benzene rings is 1. The van der Waals surface area contributed by atoms with Crippen LogP contribution in [0.1, 0.15) is 44.0 Å². The second kappa shape index (κ2) is 8.17. The van der Waals surface area contributed by atoms with Gasteiger partial charge in [-0.1, -0.05) is 18.2 Å². The fourth-order valence-corrected chi connectivity index (χ4v) is 3.54. The molecule has 1 aromatic carbocycles. The van der Waals surface area contributed by atoms with Crippen LogP contribution in [0.15, 0.2) is 48.7 Å². The van der Waals surface area contributed by atoms with E-state index in [4.69, 9.17) is 0 Å². The summed E-state index contributed by atoms with van der Waals surface area (Å²) < 4.78 is 13.3. The first-order chi connectivity index (χ1) is 12.8. The number of aromatic nitrogens is 1. The van der Waals surface area contributed by atoms with Crippen LogP contribution in [0, 0.1) is 18.7 Å². The fraction of sp³-hybridized carbons (Fsp3) is 0.409. The third-order valence-corrected chi connectivity index (χ3v) is 5.20. The van der Waals surface area contributed by atoms with Gasteiger partial charge in [-0.05, 0) is 76.5 Å². The van der Waals surface area contributed by atoms with Gasteiger partial charge in [-0.15, -0.1) is 0 Å². The maximum absolute atomic E-state index is 13.3. The molecular formula is C22H27FN3O. The molecule has 0 saturated carbocycles. The Balaban J connectivity index is 1.73. The lowest BCUT2D eigenvalue weighted by atomic mass is 9.91. The Bertz CT molecular complexity index is 747. The van der Waals surface area contributed by atoms with Crippen LogP contribution in [0.4, 0.5) is 4.39 Å². The summed E-state index contributed by atoms with van der Waals surface area (Å²) in [5, 5.41) is 3.13. The van der Waals surface area contributed by atoms with Crippen LogP contribution < -0.4 is 5.32 Å². The van der Waals surface area contributed by atoms with Gasteiger partial charge in [-0.25, -0.2) is 4.39 Å². The number of piperidine rings is 1. The zero-order valence-electron chi connectivity index (χ0n) is 16.0. The van der Waals surface area contributed by atoms with Gasteiger partial charge in [0.25, 0.3) is 0 Å². The number of halogens is 1. The zero-order chi connectivity index (χ0) is 19.4. The van der Waals surface area contributed by atoms with Gasteiger partial charge in [0.1, 0.15) is 5.82 Å². The average Bonchev–Trinajstić information content (AvgIpc) is 2.67. The number of likely N-dealkylation sites (tertiary alicyclic amines) is 1. The highest BCUT2D eigenvalue weighted by atomic mass is 19.1. The first kappa shape index (κ1) is 19.5. The minimum Gasteiger partial charge on any atom is -0.343 e. The largest absolute Gasteiger partial charge is 0.343 e. The molecule has 1 aromatic heterocycles. The minimum atomic E-state index is -0.387. The number of carbonyl (C=O) groups excluding carboxylic acids is 1. The van der Waals surface area contributed by atoms with Crippen molar-refractivity contribution in [3.8, 4) is 0 Å². The van der Waals surface area contributed by atoms with Gasteiger partial charge in [0.15, 0.2) is 0 Å². The average molecular weight is 368 g/mol. The number of carbonyl (C=O) groups is 1. The molecule has 1 saturated heterocycles. The van der Waals surface area contributed by atoms with E-state index in [1.165, 1.54) is 12.1 Å². The molecule has 1 fully saturated rings. The molecule has 0 bridgehead atoms. The molecule has 4 nitrogen and oxygen atoms in total. The third kappa shape index (κ3) is 4.92. The summed E-state index contributed by atoms with van der Waals surface area (Å²) >= 11 is 0. The van der Waals surface area contributed by atoms with E-state index in [2.05, 4.69) is 36.0 Å². The first-order valence-electron chi connectivity index (χ1n) is 9.42. The van der Waals surface area contributed by atoms with Crippen LogP contribution in [0.5, 0.6) is 0 Å². The summed E-state index contributed by atoms with van der Waals surface area (Å²) in [4.78, 5) is 19.6. The van der Waals surface area contributed by atoms with E-state index in [1.54, 1.807) is 18.3 Å². The van der Waals surface area contributed by atoms with Crippen molar-refractivity contribution in [3.63, 3.8) is 0 Å². The summed E-state index contributed by atoms with van der Waals surface area (Å²) in [6, 6.07) is 11.4. The van der Waals surface area contributed by atoms with Crippen molar-refractivity contribution in [2.45, 2.75) is 38.3 Å². The highest BCUT2D eigenvalue weighted by Crippen LogP contribution is 2.26. The Morgan fingerprint density at radius 2 is 1.89 bits per heavy atom. The molecule has 0 spiro atoms. The van der Waals surface area contributed by atoms with Crippen LogP contribution in [0.3, 0.4) is 0 Å². The molecule has 5 heteroatoms. The SMILES string of the molecule is [CH2]C(C)(C)N1CCC(C(=O)NC(c2ccc(F)cc2)c2ccccn2)CC1. The minimum absolute atomic E-state index is 0.0245. The molecule has 143 valence electrons. The van der Waals surface area contributed by atoms with Gasteiger partial charge in [0, 0.05) is 17.7 Å². The van der Waals surface area contributed by atoms with Crippen LogP contribution in [-0.2, 0) is 4.79 Å². The van der Waals surface area contributed by atoms with Gasteiger partial charge in [0.2, 0.25) is 5.91 Å². The predicted molar refractivity (Wildman–Crippen MR) is 104 cm³/mol. The maximum atomic E-state index is 13.3. The smallest absolute Gasteiger partial charge is 0.224 e. The lowest BCUT2D eigenvalue weighted by molar-refractivity contribution is -0.127. The van der Waals surface area contributed by atoms with Crippen molar-refractivity contribution in [2.24, 2.45) is 5.92 Å². The monoisotopic (exact) mass is 368 g/mol. The molecule has 1 amide bonds. The highest BCUT2D eigenvalue weighted by molar-refractivity contribution is 5.79. The first-order valence-corrected chi connectivity index (χ1v) is 9.42. The van der Waals surface area contributed by atoms with Crippen molar-refractivity contribution < 1.29 is 9.18 Å². The van der Waals surface area contributed by atoms with Gasteiger partial charge in [0.05, 0.1) is 11.7 Å². The quantitative estimate of drug-likeness (QED) is 0.874. The number of rotatable bonds is 5. The van der Waals surface area contributed by atoms with Crippen molar-refractivity contribution in [3.05, 3.63) is 72.7 Å². The fourth-order valence-electron chi connectivity index (χ4n) is 3.54. The molecule has 1 unspecified atom stereocenters. The summed E-state index contributed by atoms with van der Waals surface area (Å²) in [5.41, 5.74) is 1.44. The van der Waals surface area contributed by atoms with Crippen LogP contribution in [-0.4, -0.2) is 34.4 Å². The number of nitrogens with one attached hydrogen (secondary N) is 1. The van der Waals surface area contributed by atoms with E-state index in [-0.39, 0.29) is 29.2 Å². The number of amides is 1. The van der Waals surface area contributed by atoms with E-state index in [1.807, 2.05) is 18.2 Å². The van der Waals surface area contributed by atoms with Crippen molar-refractivity contribution in [2.75, 3.05) is 13.1 Å². The standard InChI is InChI=1S/C22H27FN3O/c1-22(2,3)26-14-11-17(12-15-26)21(27)25-20(19-6-4-5-13-24-19)16-7-9-18(23)10-8-16/h4-10,13,17,20H,1,11-12,14-15H2,2-3H3,(H,25,27). The van der Waals surface area contributed by atoms with Gasteiger partial charge in [-0.3, -0.25) is 14.7 Å². The third-order valence-electron chi connectivity index (χ3n) is 5.20. The summed E-state index contributed by atoms with van der Waals surface area (Å²) in [6.45, 7) is 10.1. The van der Waals surface area contributed by atoms with Crippen LogP contribution in [0.25, 0.3) is 0 Å². The van der Waals surface area contributed by atoms with E-state index in [0.717, 1.165) is 37.2 Å².